The fourth-order valence-corrected chi connectivity index (χ4v) is 4.15. The van der Waals surface area contributed by atoms with E-state index in [1.54, 1.807) is 0 Å². The van der Waals surface area contributed by atoms with Crippen LogP contribution in [0.4, 0.5) is 11.8 Å². The summed E-state index contributed by atoms with van der Waals surface area (Å²) in [6.45, 7) is 4.19. The summed E-state index contributed by atoms with van der Waals surface area (Å²) in [6, 6.07) is 2.36. The van der Waals surface area contributed by atoms with Crippen LogP contribution < -0.4 is 10.2 Å². The van der Waals surface area contributed by atoms with E-state index in [1.165, 1.54) is 25.7 Å². The molecule has 0 amide bonds. The fraction of sp³-hybridized carbons (Fsp3) is 0.800. The molecule has 28 heavy (non-hydrogen) atoms. The average Bonchev–Trinajstić information content (AvgIpc) is 3.00. The number of likely N-dealkylation sites (tertiary alicyclic amines) is 1. The van der Waals surface area contributed by atoms with E-state index in [1.807, 2.05) is 12.3 Å². The van der Waals surface area contributed by atoms with Crippen LogP contribution in [0.25, 0.3) is 0 Å². The van der Waals surface area contributed by atoms with Gasteiger partial charge in [-0.3, -0.25) is 4.90 Å². The maximum Gasteiger partial charge on any atom is 0.224 e. The van der Waals surface area contributed by atoms with Crippen LogP contribution >= 0.6 is 0 Å². The van der Waals surface area contributed by atoms with E-state index in [-0.39, 0.29) is 0 Å². The predicted octanol–water partition coefficient (Wildman–Crippen LogP) is 0.837. The maximum atomic E-state index is 9.87. The van der Waals surface area contributed by atoms with Crippen molar-refractivity contribution in [3.63, 3.8) is 0 Å². The Bertz CT molecular complexity index is 583. The minimum Gasteiger partial charge on any atom is -0.394 e. The maximum absolute atomic E-state index is 9.87. The third-order valence-corrected chi connectivity index (χ3v) is 5.91. The highest BCUT2D eigenvalue weighted by Crippen LogP contribution is 2.20. The second-order valence-electron chi connectivity index (χ2n) is 7.96. The Hall–Kier alpha value is -1.48. The van der Waals surface area contributed by atoms with E-state index in [4.69, 9.17) is 10.1 Å². The molecule has 1 aromatic heterocycles. The summed E-state index contributed by atoms with van der Waals surface area (Å²) in [4.78, 5) is 13.8. The Morgan fingerprint density at radius 3 is 2.61 bits per heavy atom. The van der Waals surface area contributed by atoms with Gasteiger partial charge in [-0.05, 0) is 44.7 Å². The number of rotatable bonds is 9. The van der Waals surface area contributed by atoms with Crippen molar-refractivity contribution in [1.82, 2.24) is 14.9 Å². The van der Waals surface area contributed by atoms with Gasteiger partial charge in [0.25, 0.3) is 0 Å². The smallest absolute Gasteiger partial charge is 0.224 e. The molecule has 8 heteroatoms. The van der Waals surface area contributed by atoms with Gasteiger partial charge in [0.05, 0.1) is 12.7 Å². The van der Waals surface area contributed by atoms with Gasteiger partial charge < -0.3 is 25.5 Å². The summed E-state index contributed by atoms with van der Waals surface area (Å²) in [6.07, 6.45) is 7.61. The van der Waals surface area contributed by atoms with E-state index in [2.05, 4.69) is 20.1 Å². The lowest BCUT2D eigenvalue weighted by atomic mass is 10.1. The van der Waals surface area contributed by atoms with Crippen molar-refractivity contribution in [3.05, 3.63) is 12.3 Å². The minimum absolute atomic E-state index is 0.365. The molecule has 3 atom stereocenters. The Balaban J connectivity index is 1.49. The van der Waals surface area contributed by atoms with E-state index < -0.39 is 18.8 Å². The van der Waals surface area contributed by atoms with Crippen LogP contribution in [-0.2, 0) is 0 Å². The Kier molecular flexibility index (Phi) is 8.27. The molecule has 8 nitrogen and oxygen atoms in total. The van der Waals surface area contributed by atoms with E-state index in [0.717, 1.165) is 44.8 Å². The van der Waals surface area contributed by atoms with Gasteiger partial charge in [-0.25, -0.2) is 4.98 Å². The topological polar surface area (TPSA) is 105 Å². The normalized spacial score (nSPS) is 23.4. The molecule has 4 N–H and O–H groups in total. The Labute approximate surface area is 167 Å². The third-order valence-electron chi connectivity index (χ3n) is 5.91. The second kappa shape index (κ2) is 10.9. The van der Waals surface area contributed by atoms with Gasteiger partial charge in [0.15, 0.2) is 0 Å². The van der Waals surface area contributed by atoms with Crippen LogP contribution in [0, 0.1) is 0 Å². The van der Waals surface area contributed by atoms with Crippen LogP contribution in [0.1, 0.15) is 44.9 Å². The zero-order chi connectivity index (χ0) is 19.8. The quantitative estimate of drug-likeness (QED) is 0.489. The molecule has 2 aliphatic rings. The Morgan fingerprint density at radius 2 is 1.86 bits per heavy atom. The minimum atomic E-state index is -1.06. The molecule has 3 rings (SSSR count). The van der Waals surface area contributed by atoms with Gasteiger partial charge >= 0.3 is 0 Å². The predicted molar refractivity (Wildman–Crippen MR) is 110 cm³/mol. The zero-order valence-electron chi connectivity index (χ0n) is 16.7. The number of aliphatic hydroxyl groups excluding tert-OH is 3. The largest absolute Gasteiger partial charge is 0.394 e. The number of nitrogens with one attached hydrogen (secondary N) is 1. The lowest BCUT2D eigenvalue weighted by Crippen LogP contribution is -2.39. The molecule has 0 saturated carbocycles. The van der Waals surface area contributed by atoms with Crippen molar-refractivity contribution >= 4 is 11.8 Å². The molecule has 2 fully saturated rings. The van der Waals surface area contributed by atoms with Crippen molar-refractivity contribution in [2.24, 2.45) is 0 Å². The molecule has 0 bridgehead atoms. The lowest BCUT2D eigenvalue weighted by Gasteiger charge is -2.27. The van der Waals surface area contributed by atoms with Crippen LogP contribution in [-0.4, -0.2) is 87.8 Å². The molecule has 0 aromatic carbocycles. The number of aliphatic hydroxyl groups is 3. The first-order valence-electron chi connectivity index (χ1n) is 10.7. The highest BCUT2D eigenvalue weighted by Gasteiger charge is 2.26. The van der Waals surface area contributed by atoms with Gasteiger partial charge in [-0.2, -0.15) is 4.98 Å². The van der Waals surface area contributed by atoms with Crippen LogP contribution in [0.5, 0.6) is 0 Å². The first-order valence-corrected chi connectivity index (χ1v) is 10.7. The average molecular weight is 394 g/mol. The van der Waals surface area contributed by atoms with Crippen molar-refractivity contribution in [3.8, 4) is 0 Å². The monoisotopic (exact) mass is 393 g/mol. The summed E-state index contributed by atoms with van der Waals surface area (Å²) in [7, 11) is 0. The summed E-state index contributed by atoms with van der Waals surface area (Å²) in [5.74, 6) is 1.67. The molecule has 2 aliphatic heterocycles. The summed E-state index contributed by atoms with van der Waals surface area (Å²) in [5, 5.41) is 31.7. The highest BCUT2D eigenvalue weighted by atomic mass is 16.4. The fourth-order valence-electron chi connectivity index (χ4n) is 4.15. The molecule has 2 saturated heterocycles. The lowest BCUT2D eigenvalue weighted by molar-refractivity contribution is -0.0216. The zero-order valence-corrected chi connectivity index (χ0v) is 16.7. The van der Waals surface area contributed by atoms with E-state index in [9.17, 15) is 10.2 Å². The summed E-state index contributed by atoms with van der Waals surface area (Å²) in [5.41, 5.74) is 0. The molecular formula is C20H35N5O3. The van der Waals surface area contributed by atoms with Gasteiger partial charge in [0, 0.05) is 38.4 Å². The highest BCUT2D eigenvalue weighted by molar-refractivity contribution is 5.42. The molecule has 0 aliphatic carbocycles. The molecule has 0 radical (unpaired) electrons. The summed E-state index contributed by atoms with van der Waals surface area (Å²) >= 11 is 0. The second-order valence-corrected chi connectivity index (χ2v) is 7.96. The van der Waals surface area contributed by atoms with Gasteiger partial charge in [-0.1, -0.05) is 12.8 Å². The molecule has 1 aromatic rings. The van der Waals surface area contributed by atoms with Crippen molar-refractivity contribution < 1.29 is 15.3 Å². The first kappa shape index (κ1) is 21.2. The third kappa shape index (κ3) is 6.01. The molecular weight excluding hydrogens is 358 g/mol. The molecule has 3 heterocycles. The van der Waals surface area contributed by atoms with E-state index >= 15 is 0 Å². The van der Waals surface area contributed by atoms with Crippen LogP contribution in [0.3, 0.4) is 0 Å². The number of hydrogen-bond donors (Lipinski definition) is 4. The molecule has 158 valence electrons. The summed E-state index contributed by atoms with van der Waals surface area (Å²) < 4.78 is 0. The standard InChI is InChI=1S/C20H35N5O3/c26-15-18(28)17(27)8-13-24-12-5-6-16(24)14-22-20-21-9-7-19(23-20)25-10-3-1-2-4-11-25/h7,9,16-18,26-28H,1-6,8,10-15H2,(H,21,22,23)/t16?,17-,18+/m0/s1. The molecule has 0 spiro atoms. The van der Waals surface area contributed by atoms with Gasteiger partial charge in [0.2, 0.25) is 5.95 Å². The van der Waals surface area contributed by atoms with Crippen molar-refractivity contribution in [2.45, 2.75) is 63.2 Å². The first-order chi connectivity index (χ1) is 13.7. The Morgan fingerprint density at radius 1 is 1.07 bits per heavy atom. The number of nitrogens with zero attached hydrogens (tertiary/aromatic N) is 4. The van der Waals surface area contributed by atoms with Crippen molar-refractivity contribution in [1.29, 1.82) is 0 Å². The number of aromatic nitrogens is 2. The number of hydrogen-bond acceptors (Lipinski definition) is 8. The van der Waals surface area contributed by atoms with Gasteiger partial charge in [-0.15, -0.1) is 0 Å². The molecule has 1 unspecified atom stereocenters. The van der Waals surface area contributed by atoms with Crippen LogP contribution in [0.2, 0.25) is 0 Å². The SMILES string of the molecule is OC[C@@H](O)[C@@H](O)CCN1CCCC1CNc1nccc(N2CCCCCC2)n1. The van der Waals surface area contributed by atoms with Crippen LogP contribution in [0.15, 0.2) is 12.3 Å². The van der Waals surface area contributed by atoms with Gasteiger partial charge in [0.1, 0.15) is 11.9 Å². The van der Waals surface area contributed by atoms with Crippen molar-refractivity contribution in [2.75, 3.05) is 49.5 Å². The van der Waals surface area contributed by atoms with E-state index in [0.29, 0.717) is 25.0 Å². The number of anilines is 2.